The zero-order valence-electron chi connectivity index (χ0n) is 11.2. The van der Waals surface area contributed by atoms with E-state index in [1.807, 2.05) is 6.92 Å². The summed E-state index contributed by atoms with van der Waals surface area (Å²) in [5, 5.41) is 16.7. The summed E-state index contributed by atoms with van der Waals surface area (Å²) >= 11 is 0. The second kappa shape index (κ2) is 7.63. The largest absolute Gasteiger partial charge is 0.393 e. The molecule has 0 aromatic carbocycles. The number of aliphatic hydroxyl groups excluding tert-OH is 1. The molecule has 0 bridgehead atoms. The van der Waals surface area contributed by atoms with Gasteiger partial charge in [0, 0.05) is 12.1 Å². The molecule has 96 valence electrons. The summed E-state index contributed by atoms with van der Waals surface area (Å²) < 4.78 is 0. The average molecular weight is 230 g/mol. The van der Waals surface area contributed by atoms with Gasteiger partial charge in [0.15, 0.2) is 0 Å². The van der Waals surface area contributed by atoms with Gasteiger partial charge in [0.05, 0.1) is 5.71 Å². The van der Waals surface area contributed by atoms with Crippen LogP contribution in [0.4, 0.5) is 0 Å². The lowest BCUT2D eigenvalue weighted by atomic mass is 10.1. The molecular weight excluding hydrogens is 204 g/mol. The molecule has 0 aliphatic carbocycles. The molecule has 0 aromatic rings. The molecule has 1 atom stereocenters. The Morgan fingerprint density at radius 3 is 2.56 bits per heavy atom. The van der Waals surface area contributed by atoms with Crippen LogP contribution < -0.4 is 5.32 Å². The molecule has 0 aliphatic rings. The summed E-state index contributed by atoms with van der Waals surface area (Å²) in [5.41, 5.74) is 0.987. The molecule has 4 heteroatoms. The lowest BCUT2D eigenvalue weighted by molar-refractivity contribution is 0.0369. The zero-order chi connectivity index (χ0) is 12.6. The van der Waals surface area contributed by atoms with Crippen LogP contribution in [0.15, 0.2) is 5.16 Å². The monoisotopic (exact) mass is 230 g/mol. The van der Waals surface area contributed by atoms with Crippen LogP contribution in [0.5, 0.6) is 0 Å². The van der Waals surface area contributed by atoms with Gasteiger partial charge in [-0.3, -0.25) is 0 Å². The van der Waals surface area contributed by atoms with Gasteiger partial charge in [0.2, 0.25) is 0 Å². The van der Waals surface area contributed by atoms with Gasteiger partial charge in [0.1, 0.15) is 12.7 Å². The van der Waals surface area contributed by atoms with Crippen molar-refractivity contribution in [1.82, 2.24) is 5.32 Å². The van der Waals surface area contributed by atoms with E-state index in [4.69, 9.17) is 4.84 Å². The minimum absolute atomic E-state index is 0.0162. The molecule has 0 saturated heterocycles. The first-order valence-electron chi connectivity index (χ1n) is 5.93. The fraction of sp³-hybridized carbons (Fsp3) is 0.917. The first kappa shape index (κ1) is 15.4. The lowest BCUT2D eigenvalue weighted by Gasteiger charge is -2.22. The number of hydrogen-bond acceptors (Lipinski definition) is 4. The molecule has 0 aliphatic heterocycles. The van der Waals surface area contributed by atoms with Crippen molar-refractivity contribution in [2.45, 2.75) is 59.1 Å². The molecule has 0 fully saturated rings. The van der Waals surface area contributed by atoms with Crippen molar-refractivity contribution in [2.75, 3.05) is 13.2 Å². The Hall–Kier alpha value is -0.610. The highest BCUT2D eigenvalue weighted by molar-refractivity contribution is 5.81. The van der Waals surface area contributed by atoms with Crippen molar-refractivity contribution in [2.24, 2.45) is 5.16 Å². The Morgan fingerprint density at radius 2 is 2.06 bits per heavy atom. The summed E-state index contributed by atoms with van der Waals surface area (Å²) in [4.78, 5) is 5.07. The molecule has 4 nitrogen and oxygen atoms in total. The smallest absolute Gasteiger partial charge is 0.144 e. The maximum absolute atomic E-state index is 9.60. The quantitative estimate of drug-likeness (QED) is 0.519. The molecule has 0 rings (SSSR count). The van der Waals surface area contributed by atoms with Crippen LogP contribution in [-0.4, -0.2) is 35.6 Å². The third-order valence-corrected chi connectivity index (χ3v) is 1.97. The predicted molar refractivity (Wildman–Crippen MR) is 67.7 cm³/mol. The lowest BCUT2D eigenvalue weighted by Crippen LogP contribution is -2.42. The summed E-state index contributed by atoms with van der Waals surface area (Å²) in [6.07, 6.45) is 1.49. The topological polar surface area (TPSA) is 53.9 Å². The van der Waals surface area contributed by atoms with E-state index in [0.717, 1.165) is 18.6 Å². The molecular formula is C12H26N2O2. The fourth-order valence-corrected chi connectivity index (χ4v) is 1.12. The Kier molecular flexibility index (Phi) is 7.34. The van der Waals surface area contributed by atoms with Crippen molar-refractivity contribution in [3.8, 4) is 0 Å². The molecule has 0 saturated carbocycles. The number of β-amino-alcohol motifs (C(OH)–C–C–N with tert-alkyl or cyclic N) is 1. The van der Waals surface area contributed by atoms with E-state index in [-0.39, 0.29) is 12.1 Å². The van der Waals surface area contributed by atoms with Crippen LogP contribution in [0.1, 0.15) is 47.5 Å². The van der Waals surface area contributed by atoms with Gasteiger partial charge in [-0.2, -0.15) is 0 Å². The van der Waals surface area contributed by atoms with Gasteiger partial charge in [-0.15, -0.1) is 0 Å². The van der Waals surface area contributed by atoms with Crippen molar-refractivity contribution < 1.29 is 9.94 Å². The Labute approximate surface area is 99.1 Å². The van der Waals surface area contributed by atoms with E-state index in [9.17, 15) is 5.11 Å². The van der Waals surface area contributed by atoms with Gasteiger partial charge >= 0.3 is 0 Å². The SMILES string of the molecule is CCC/C(C)=N\OCC(O)CNC(C)(C)C. The molecule has 0 spiro atoms. The molecule has 2 N–H and O–H groups in total. The average Bonchev–Trinajstić information content (AvgIpc) is 2.14. The summed E-state index contributed by atoms with van der Waals surface area (Å²) in [6.45, 7) is 11.0. The normalized spacial score (nSPS) is 15.0. The maximum Gasteiger partial charge on any atom is 0.144 e. The number of aliphatic hydroxyl groups is 1. The predicted octanol–water partition coefficient (Wildman–Crippen LogP) is 1.93. The molecule has 16 heavy (non-hydrogen) atoms. The van der Waals surface area contributed by atoms with Crippen molar-refractivity contribution in [3.05, 3.63) is 0 Å². The van der Waals surface area contributed by atoms with Gasteiger partial charge in [-0.1, -0.05) is 18.5 Å². The number of nitrogens with zero attached hydrogens (tertiary/aromatic N) is 1. The Morgan fingerprint density at radius 1 is 1.44 bits per heavy atom. The first-order valence-corrected chi connectivity index (χ1v) is 5.93. The second-order valence-corrected chi connectivity index (χ2v) is 5.16. The Balaban J connectivity index is 3.65. The summed E-state index contributed by atoms with van der Waals surface area (Å²) in [5.74, 6) is 0. The van der Waals surface area contributed by atoms with E-state index in [1.54, 1.807) is 0 Å². The minimum atomic E-state index is -0.516. The van der Waals surface area contributed by atoms with E-state index >= 15 is 0 Å². The third kappa shape index (κ3) is 9.93. The van der Waals surface area contributed by atoms with E-state index in [2.05, 4.69) is 38.2 Å². The highest BCUT2D eigenvalue weighted by Crippen LogP contribution is 1.99. The molecule has 1 unspecified atom stereocenters. The minimum Gasteiger partial charge on any atom is -0.393 e. The van der Waals surface area contributed by atoms with Crippen molar-refractivity contribution in [1.29, 1.82) is 0 Å². The van der Waals surface area contributed by atoms with Crippen LogP contribution in [-0.2, 0) is 4.84 Å². The van der Waals surface area contributed by atoms with Crippen LogP contribution in [0.25, 0.3) is 0 Å². The van der Waals surface area contributed by atoms with Crippen molar-refractivity contribution in [3.63, 3.8) is 0 Å². The van der Waals surface area contributed by atoms with Crippen LogP contribution in [0, 0.1) is 0 Å². The third-order valence-electron chi connectivity index (χ3n) is 1.97. The molecule has 0 aromatic heterocycles. The van der Waals surface area contributed by atoms with Gasteiger partial charge in [0.25, 0.3) is 0 Å². The van der Waals surface area contributed by atoms with Crippen molar-refractivity contribution >= 4 is 5.71 Å². The van der Waals surface area contributed by atoms with Gasteiger partial charge < -0.3 is 15.3 Å². The fourth-order valence-electron chi connectivity index (χ4n) is 1.12. The highest BCUT2D eigenvalue weighted by Gasteiger charge is 2.12. The van der Waals surface area contributed by atoms with Crippen LogP contribution in [0.3, 0.4) is 0 Å². The van der Waals surface area contributed by atoms with Crippen LogP contribution in [0.2, 0.25) is 0 Å². The first-order chi connectivity index (χ1) is 7.35. The van der Waals surface area contributed by atoms with E-state index < -0.39 is 6.10 Å². The summed E-state index contributed by atoms with van der Waals surface area (Å²) in [6, 6.07) is 0. The van der Waals surface area contributed by atoms with E-state index in [1.165, 1.54) is 0 Å². The number of hydrogen-bond donors (Lipinski definition) is 2. The highest BCUT2D eigenvalue weighted by atomic mass is 16.6. The number of rotatable bonds is 7. The number of oxime groups is 1. The maximum atomic E-state index is 9.60. The Bertz CT molecular complexity index is 210. The second-order valence-electron chi connectivity index (χ2n) is 5.16. The number of nitrogens with one attached hydrogen (secondary N) is 1. The molecule has 0 heterocycles. The molecule has 0 amide bonds. The van der Waals surface area contributed by atoms with Gasteiger partial charge in [-0.25, -0.2) is 0 Å². The van der Waals surface area contributed by atoms with Crippen LogP contribution >= 0.6 is 0 Å². The molecule has 0 radical (unpaired) electrons. The standard InChI is InChI=1S/C12H26N2O2/c1-6-7-10(2)14-16-9-11(15)8-13-12(3,4)5/h11,13,15H,6-9H2,1-5H3/b14-10-. The zero-order valence-corrected chi connectivity index (χ0v) is 11.2. The summed E-state index contributed by atoms with van der Waals surface area (Å²) in [7, 11) is 0. The van der Waals surface area contributed by atoms with Gasteiger partial charge in [-0.05, 0) is 34.1 Å². The van der Waals surface area contributed by atoms with E-state index in [0.29, 0.717) is 6.54 Å².